The summed E-state index contributed by atoms with van der Waals surface area (Å²) in [4.78, 5) is 12.5. The molecule has 0 atom stereocenters. The molecule has 2 aromatic rings. The van der Waals surface area contributed by atoms with E-state index in [0.717, 1.165) is 0 Å². The van der Waals surface area contributed by atoms with Gasteiger partial charge in [-0.1, -0.05) is 13.8 Å². The zero-order valence-electron chi connectivity index (χ0n) is 16.4. The molecule has 1 heterocycles. The van der Waals surface area contributed by atoms with Gasteiger partial charge >= 0.3 is 0 Å². The maximum atomic E-state index is 12.9. The number of hydrogen-bond donors (Lipinski definition) is 2. The molecular formula is C17H25N5O4S2. The largest absolute Gasteiger partial charge is 0.495 e. The SMILES string of the molecule is CCN(CC)S(=O)(=O)c1cc(C(=O)NCCc2n[nH]c(=S)n2C)ccc1OC. The number of carbonyl (C=O) groups is 1. The van der Waals surface area contributed by atoms with Crippen molar-refractivity contribution < 1.29 is 17.9 Å². The number of benzene rings is 1. The molecule has 0 radical (unpaired) electrons. The summed E-state index contributed by atoms with van der Waals surface area (Å²) in [7, 11) is -0.582. The van der Waals surface area contributed by atoms with Crippen LogP contribution in [-0.2, 0) is 23.5 Å². The first-order valence-electron chi connectivity index (χ1n) is 8.82. The highest BCUT2D eigenvalue weighted by atomic mass is 32.2. The van der Waals surface area contributed by atoms with Gasteiger partial charge in [0.15, 0.2) is 4.77 Å². The Balaban J connectivity index is 2.20. The molecule has 0 spiro atoms. The molecule has 11 heteroatoms. The van der Waals surface area contributed by atoms with Gasteiger partial charge in [-0.2, -0.15) is 9.40 Å². The molecule has 2 N–H and O–H groups in total. The van der Waals surface area contributed by atoms with Crippen LogP contribution in [0.2, 0.25) is 0 Å². The minimum absolute atomic E-state index is 0.0270. The molecule has 28 heavy (non-hydrogen) atoms. The number of aromatic amines is 1. The van der Waals surface area contributed by atoms with E-state index in [9.17, 15) is 13.2 Å². The van der Waals surface area contributed by atoms with E-state index >= 15 is 0 Å². The normalized spacial score (nSPS) is 11.6. The molecule has 0 aliphatic rings. The lowest BCUT2D eigenvalue weighted by molar-refractivity contribution is 0.0953. The molecule has 0 unspecified atom stereocenters. The quantitative estimate of drug-likeness (QED) is 0.587. The van der Waals surface area contributed by atoms with Crippen molar-refractivity contribution in [3.8, 4) is 5.75 Å². The van der Waals surface area contributed by atoms with Crippen molar-refractivity contribution in [2.24, 2.45) is 7.05 Å². The third-order valence-electron chi connectivity index (χ3n) is 4.36. The molecule has 0 saturated heterocycles. The zero-order valence-corrected chi connectivity index (χ0v) is 18.0. The fourth-order valence-electron chi connectivity index (χ4n) is 2.72. The van der Waals surface area contributed by atoms with Crippen LogP contribution < -0.4 is 10.1 Å². The number of aromatic nitrogens is 3. The molecule has 1 aromatic carbocycles. The van der Waals surface area contributed by atoms with Gasteiger partial charge in [0, 0.05) is 38.7 Å². The number of ether oxygens (including phenoxy) is 1. The molecule has 1 amide bonds. The van der Waals surface area contributed by atoms with Crippen LogP contribution in [0.15, 0.2) is 23.1 Å². The summed E-state index contributed by atoms with van der Waals surface area (Å²) < 4.78 is 34.5. The van der Waals surface area contributed by atoms with Crippen LogP contribution in [0.25, 0.3) is 0 Å². The van der Waals surface area contributed by atoms with E-state index in [1.54, 1.807) is 25.5 Å². The number of rotatable bonds is 9. The summed E-state index contributed by atoms with van der Waals surface area (Å²) in [5.74, 6) is 0.533. The maximum Gasteiger partial charge on any atom is 0.251 e. The first-order valence-corrected chi connectivity index (χ1v) is 10.7. The van der Waals surface area contributed by atoms with Crippen molar-refractivity contribution in [3.63, 3.8) is 0 Å². The smallest absolute Gasteiger partial charge is 0.251 e. The Bertz CT molecular complexity index is 993. The average molecular weight is 428 g/mol. The van der Waals surface area contributed by atoms with E-state index in [-0.39, 0.29) is 22.1 Å². The summed E-state index contributed by atoms with van der Waals surface area (Å²) in [6, 6.07) is 4.37. The summed E-state index contributed by atoms with van der Waals surface area (Å²) in [6.07, 6.45) is 0.482. The molecule has 154 valence electrons. The number of nitrogens with zero attached hydrogens (tertiary/aromatic N) is 3. The minimum Gasteiger partial charge on any atom is -0.495 e. The van der Waals surface area contributed by atoms with Crippen LogP contribution in [0.4, 0.5) is 0 Å². The summed E-state index contributed by atoms with van der Waals surface area (Å²) in [6.45, 7) is 4.49. The Kier molecular flexibility index (Phi) is 7.33. The van der Waals surface area contributed by atoms with E-state index in [1.807, 2.05) is 0 Å². The third kappa shape index (κ3) is 4.59. The standard InChI is InChI=1S/C17H25N5O4S2/c1-5-22(6-2)28(24,25)14-11-12(7-8-13(14)26-4)16(23)18-10-9-15-19-20-17(27)21(15)3/h7-8,11H,5-6,9-10H2,1-4H3,(H,18,23)(H,20,27). The number of H-pyrrole nitrogens is 1. The summed E-state index contributed by atoms with van der Waals surface area (Å²) in [5, 5.41) is 9.54. The molecule has 0 aliphatic heterocycles. The zero-order chi connectivity index (χ0) is 20.9. The van der Waals surface area contributed by atoms with Crippen LogP contribution in [0.5, 0.6) is 5.75 Å². The molecular weight excluding hydrogens is 402 g/mol. The molecule has 9 nitrogen and oxygen atoms in total. The lowest BCUT2D eigenvalue weighted by Crippen LogP contribution is -2.31. The third-order valence-corrected chi connectivity index (χ3v) is 6.79. The minimum atomic E-state index is -3.77. The predicted octanol–water partition coefficient (Wildman–Crippen LogP) is 1.49. The van der Waals surface area contributed by atoms with Gasteiger partial charge in [0.2, 0.25) is 10.0 Å². The molecule has 0 saturated carbocycles. The maximum absolute atomic E-state index is 12.9. The van der Waals surface area contributed by atoms with Gasteiger partial charge in [-0.15, -0.1) is 0 Å². The van der Waals surface area contributed by atoms with Crippen LogP contribution >= 0.6 is 12.2 Å². The van der Waals surface area contributed by atoms with Gasteiger partial charge in [0.25, 0.3) is 5.91 Å². The van der Waals surface area contributed by atoms with Gasteiger partial charge in [-0.05, 0) is 30.4 Å². The Morgan fingerprint density at radius 2 is 2.04 bits per heavy atom. The number of hydrogen-bond acceptors (Lipinski definition) is 6. The number of methoxy groups -OCH3 is 1. The van der Waals surface area contributed by atoms with Gasteiger partial charge in [-0.25, -0.2) is 8.42 Å². The summed E-state index contributed by atoms with van der Waals surface area (Å²) in [5.41, 5.74) is 0.238. The van der Waals surface area contributed by atoms with E-state index in [1.165, 1.54) is 29.6 Å². The fourth-order valence-corrected chi connectivity index (χ4v) is 4.51. The molecule has 0 bridgehead atoms. The van der Waals surface area contributed by atoms with Crippen LogP contribution in [0, 0.1) is 4.77 Å². The Hall–Kier alpha value is -2.24. The first kappa shape index (κ1) is 22.1. The number of amides is 1. The van der Waals surface area contributed by atoms with E-state index in [2.05, 4.69) is 15.5 Å². The second-order valence-electron chi connectivity index (χ2n) is 5.96. The topological polar surface area (TPSA) is 109 Å². The number of carbonyl (C=O) groups excluding carboxylic acids is 1. The lowest BCUT2D eigenvalue weighted by Gasteiger charge is -2.20. The van der Waals surface area contributed by atoms with Crippen LogP contribution in [-0.4, -0.2) is 60.1 Å². The highest BCUT2D eigenvalue weighted by molar-refractivity contribution is 7.89. The Labute approximate surface area is 169 Å². The predicted molar refractivity (Wildman–Crippen MR) is 108 cm³/mol. The molecule has 1 aromatic heterocycles. The van der Waals surface area contributed by atoms with Crippen molar-refractivity contribution in [1.82, 2.24) is 24.4 Å². The van der Waals surface area contributed by atoms with Gasteiger partial charge in [0.1, 0.15) is 16.5 Å². The molecule has 0 fully saturated rings. The average Bonchev–Trinajstić information content (AvgIpc) is 3.00. The van der Waals surface area contributed by atoms with E-state index in [0.29, 0.717) is 36.7 Å². The molecule has 2 rings (SSSR count). The molecule has 0 aliphatic carbocycles. The Morgan fingerprint density at radius 1 is 1.36 bits per heavy atom. The van der Waals surface area contributed by atoms with E-state index in [4.69, 9.17) is 17.0 Å². The number of nitrogens with one attached hydrogen (secondary N) is 2. The van der Waals surface area contributed by atoms with Crippen molar-refractivity contribution in [3.05, 3.63) is 34.4 Å². The van der Waals surface area contributed by atoms with Crippen molar-refractivity contribution in [1.29, 1.82) is 0 Å². The fraction of sp³-hybridized carbons (Fsp3) is 0.471. The van der Waals surface area contributed by atoms with Gasteiger partial charge < -0.3 is 14.6 Å². The van der Waals surface area contributed by atoms with Gasteiger partial charge in [-0.3, -0.25) is 9.89 Å². The van der Waals surface area contributed by atoms with Gasteiger partial charge in [0.05, 0.1) is 7.11 Å². The van der Waals surface area contributed by atoms with Crippen molar-refractivity contribution >= 4 is 28.1 Å². The Morgan fingerprint density at radius 3 is 2.57 bits per heavy atom. The number of sulfonamides is 1. The van der Waals surface area contributed by atoms with E-state index < -0.39 is 10.0 Å². The highest BCUT2D eigenvalue weighted by Gasteiger charge is 2.26. The second-order valence-corrected chi connectivity index (χ2v) is 8.26. The first-order chi connectivity index (χ1) is 13.3. The van der Waals surface area contributed by atoms with Crippen LogP contribution in [0.3, 0.4) is 0 Å². The lowest BCUT2D eigenvalue weighted by atomic mass is 10.2. The highest BCUT2D eigenvalue weighted by Crippen LogP contribution is 2.27. The van der Waals surface area contributed by atoms with Crippen LogP contribution in [0.1, 0.15) is 30.0 Å². The monoisotopic (exact) mass is 427 g/mol. The summed E-state index contributed by atoms with van der Waals surface area (Å²) >= 11 is 5.05. The van der Waals surface area contributed by atoms with Crippen molar-refractivity contribution in [2.75, 3.05) is 26.7 Å². The second kappa shape index (κ2) is 9.30. The van der Waals surface area contributed by atoms with Crippen molar-refractivity contribution in [2.45, 2.75) is 25.2 Å².